The molecule has 6 nitrogen and oxygen atoms in total. The van der Waals surface area contributed by atoms with E-state index in [-0.39, 0.29) is 5.91 Å². The lowest BCUT2D eigenvalue weighted by Gasteiger charge is -2.22. The molecular weight excluding hydrogens is 338 g/mol. The van der Waals surface area contributed by atoms with Crippen LogP contribution in [0.2, 0.25) is 0 Å². The fraction of sp³-hybridized carbons (Fsp3) is 0.619. The maximum absolute atomic E-state index is 12.3. The molecule has 1 saturated heterocycles. The molecule has 1 aromatic rings. The van der Waals surface area contributed by atoms with Gasteiger partial charge in [-0.05, 0) is 32.9 Å². The monoisotopic (exact) mass is 373 g/mol. The molecule has 1 fully saturated rings. The standard InChI is InChI=1S/C21H35N5O/c1-17(2)25(4)13-11-23-21(22-3)24-15-19-14-20(27)26(16-19)12-10-18-8-6-5-7-9-18/h5-9,17,19H,10-16H2,1-4H3,(H2,22,23,24). The van der Waals surface area contributed by atoms with Crippen molar-refractivity contribution in [1.29, 1.82) is 0 Å². The summed E-state index contributed by atoms with van der Waals surface area (Å²) < 4.78 is 0. The first-order chi connectivity index (χ1) is 13.0. The third-order valence-electron chi connectivity index (χ3n) is 5.23. The molecular formula is C21H35N5O. The van der Waals surface area contributed by atoms with Crippen molar-refractivity contribution in [3.8, 4) is 0 Å². The van der Waals surface area contributed by atoms with Crippen molar-refractivity contribution in [2.45, 2.75) is 32.7 Å². The molecule has 1 unspecified atom stereocenters. The number of nitrogens with zero attached hydrogens (tertiary/aromatic N) is 3. The Balaban J connectivity index is 1.68. The molecule has 0 spiro atoms. The molecule has 0 bridgehead atoms. The van der Waals surface area contributed by atoms with Crippen LogP contribution < -0.4 is 10.6 Å². The van der Waals surface area contributed by atoms with E-state index in [2.05, 4.69) is 53.6 Å². The van der Waals surface area contributed by atoms with Gasteiger partial charge < -0.3 is 20.4 Å². The molecule has 1 atom stereocenters. The molecule has 0 saturated carbocycles. The van der Waals surface area contributed by atoms with Crippen molar-refractivity contribution in [2.24, 2.45) is 10.9 Å². The summed E-state index contributed by atoms with van der Waals surface area (Å²) in [5.74, 6) is 1.41. The number of benzene rings is 1. The van der Waals surface area contributed by atoms with Crippen LogP contribution in [0.15, 0.2) is 35.3 Å². The predicted molar refractivity (Wildman–Crippen MR) is 112 cm³/mol. The second-order valence-corrected chi connectivity index (χ2v) is 7.60. The van der Waals surface area contributed by atoms with Crippen LogP contribution in [-0.2, 0) is 11.2 Å². The zero-order valence-corrected chi connectivity index (χ0v) is 17.2. The molecule has 1 heterocycles. The lowest BCUT2D eigenvalue weighted by molar-refractivity contribution is -0.127. The number of nitrogens with one attached hydrogen (secondary N) is 2. The van der Waals surface area contributed by atoms with E-state index in [0.717, 1.165) is 45.1 Å². The van der Waals surface area contributed by atoms with E-state index in [1.807, 2.05) is 23.1 Å². The van der Waals surface area contributed by atoms with Gasteiger partial charge in [0, 0.05) is 58.2 Å². The number of rotatable bonds is 9. The van der Waals surface area contributed by atoms with Gasteiger partial charge in [-0.15, -0.1) is 0 Å². The van der Waals surface area contributed by atoms with Crippen molar-refractivity contribution in [3.05, 3.63) is 35.9 Å². The van der Waals surface area contributed by atoms with Crippen molar-refractivity contribution >= 4 is 11.9 Å². The molecule has 1 aromatic carbocycles. The van der Waals surface area contributed by atoms with E-state index >= 15 is 0 Å². The van der Waals surface area contributed by atoms with Gasteiger partial charge in [0.1, 0.15) is 0 Å². The maximum atomic E-state index is 12.3. The molecule has 150 valence electrons. The summed E-state index contributed by atoms with van der Waals surface area (Å²) in [6.45, 7) is 8.59. The van der Waals surface area contributed by atoms with Gasteiger partial charge in [0.25, 0.3) is 0 Å². The third kappa shape index (κ3) is 7.21. The smallest absolute Gasteiger partial charge is 0.223 e. The van der Waals surface area contributed by atoms with Crippen LogP contribution in [0.3, 0.4) is 0 Å². The topological polar surface area (TPSA) is 60.0 Å². The van der Waals surface area contributed by atoms with E-state index < -0.39 is 0 Å². The Morgan fingerprint density at radius 1 is 1.30 bits per heavy atom. The largest absolute Gasteiger partial charge is 0.356 e. The van der Waals surface area contributed by atoms with Crippen LogP contribution in [0.4, 0.5) is 0 Å². The minimum Gasteiger partial charge on any atom is -0.356 e. The molecule has 2 N–H and O–H groups in total. The van der Waals surface area contributed by atoms with Crippen LogP contribution >= 0.6 is 0 Å². The van der Waals surface area contributed by atoms with E-state index in [4.69, 9.17) is 0 Å². The van der Waals surface area contributed by atoms with E-state index in [0.29, 0.717) is 18.4 Å². The number of carbonyl (C=O) groups is 1. The van der Waals surface area contributed by atoms with Crippen LogP contribution in [0.1, 0.15) is 25.8 Å². The Hall–Kier alpha value is -2.08. The quantitative estimate of drug-likeness (QED) is 0.510. The van der Waals surface area contributed by atoms with E-state index in [1.165, 1.54) is 5.56 Å². The van der Waals surface area contributed by atoms with Crippen LogP contribution in [0, 0.1) is 5.92 Å². The van der Waals surface area contributed by atoms with E-state index in [9.17, 15) is 4.79 Å². The van der Waals surface area contributed by atoms with Crippen molar-refractivity contribution in [1.82, 2.24) is 20.4 Å². The van der Waals surface area contributed by atoms with Gasteiger partial charge in [-0.1, -0.05) is 30.3 Å². The number of hydrogen-bond donors (Lipinski definition) is 2. The molecule has 1 aliphatic rings. The highest BCUT2D eigenvalue weighted by atomic mass is 16.2. The van der Waals surface area contributed by atoms with Crippen LogP contribution in [-0.4, -0.2) is 74.5 Å². The van der Waals surface area contributed by atoms with Crippen molar-refractivity contribution in [2.75, 3.05) is 46.8 Å². The highest BCUT2D eigenvalue weighted by Crippen LogP contribution is 2.17. The first-order valence-electron chi connectivity index (χ1n) is 9.96. The summed E-state index contributed by atoms with van der Waals surface area (Å²) in [7, 11) is 3.91. The van der Waals surface area contributed by atoms with E-state index in [1.54, 1.807) is 7.05 Å². The molecule has 0 aliphatic carbocycles. The molecule has 1 amide bonds. The number of amides is 1. The van der Waals surface area contributed by atoms with Gasteiger partial charge in [0.2, 0.25) is 5.91 Å². The summed E-state index contributed by atoms with van der Waals surface area (Å²) >= 11 is 0. The molecule has 2 rings (SSSR count). The Morgan fingerprint density at radius 2 is 2.04 bits per heavy atom. The Bertz CT molecular complexity index is 602. The summed E-state index contributed by atoms with van der Waals surface area (Å²) in [5.41, 5.74) is 1.28. The predicted octanol–water partition coefficient (Wildman–Crippen LogP) is 1.58. The second-order valence-electron chi connectivity index (χ2n) is 7.60. The van der Waals surface area contributed by atoms with Crippen LogP contribution in [0.25, 0.3) is 0 Å². The van der Waals surface area contributed by atoms with Gasteiger partial charge >= 0.3 is 0 Å². The minimum absolute atomic E-state index is 0.263. The normalized spacial score (nSPS) is 17.9. The number of aliphatic imine (C=N–C) groups is 1. The lowest BCUT2D eigenvalue weighted by Crippen LogP contribution is -2.43. The average Bonchev–Trinajstić information content (AvgIpc) is 3.03. The summed E-state index contributed by atoms with van der Waals surface area (Å²) in [6.07, 6.45) is 1.54. The fourth-order valence-corrected chi connectivity index (χ4v) is 3.19. The van der Waals surface area contributed by atoms with Gasteiger partial charge in [0.15, 0.2) is 5.96 Å². The molecule has 1 aliphatic heterocycles. The second kappa shape index (κ2) is 10.9. The summed E-state index contributed by atoms with van der Waals surface area (Å²) in [4.78, 5) is 20.8. The fourth-order valence-electron chi connectivity index (χ4n) is 3.19. The molecule has 0 aromatic heterocycles. The number of likely N-dealkylation sites (tertiary alicyclic amines) is 1. The zero-order chi connectivity index (χ0) is 19.6. The highest BCUT2D eigenvalue weighted by molar-refractivity contribution is 5.80. The first kappa shape index (κ1) is 21.2. The Kier molecular flexibility index (Phi) is 8.58. The average molecular weight is 374 g/mol. The Labute approximate surface area is 164 Å². The highest BCUT2D eigenvalue weighted by Gasteiger charge is 2.29. The lowest BCUT2D eigenvalue weighted by atomic mass is 10.1. The minimum atomic E-state index is 0.263. The number of likely N-dealkylation sites (N-methyl/N-ethyl adjacent to an activating group) is 1. The SMILES string of the molecule is CN=C(NCCN(C)C(C)C)NCC1CC(=O)N(CCc2ccccc2)C1. The number of hydrogen-bond acceptors (Lipinski definition) is 3. The number of guanidine groups is 1. The van der Waals surface area contributed by atoms with Crippen molar-refractivity contribution < 1.29 is 4.79 Å². The molecule has 0 radical (unpaired) electrons. The maximum Gasteiger partial charge on any atom is 0.223 e. The molecule has 6 heteroatoms. The zero-order valence-electron chi connectivity index (χ0n) is 17.2. The van der Waals surface area contributed by atoms with Gasteiger partial charge in [-0.3, -0.25) is 9.79 Å². The summed E-state index contributed by atoms with van der Waals surface area (Å²) in [6, 6.07) is 10.9. The van der Waals surface area contributed by atoms with Gasteiger partial charge in [-0.2, -0.15) is 0 Å². The molecule has 27 heavy (non-hydrogen) atoms. The first-order valence-corrected chi connectivity index (χ1v) is 9.96. The van der Waals surface area contributed by atoms with Crippen LogP contribution in [0.5, 0.6) is 0 Å². The van der Waals surface area contributed by atoms with Gasteiger partial charge in [0.05, 0.1) is 0 Å². The van der Waals surface area contributed by atoms with Crippen molar-refractivity contribution in [3.63, 3.8) is 0 Å². The summed E-state index contributed by atoms with van der Waals surface area (Å²) in [5, 5.41) is 6.72. The Morgan fingerprint density at radius 3 is 2.70 bits per heavy atom. The number of carbonyl (C=O) groups excluding carboxylic acids is 1. The van der Waals surface area contributed by atoms with Gasteiger partial charge in [-0.25, -0.2) is 0 Å². The third-order valence-corrected chi connectivity index (χ3v) is 5.23.